The van der Waals surface area contributed by atoms with Crippen LogP contribution in [-0.4, -0.2) is 30.4 Å². The molecule has 0 aliphatic heterocycles. The van der Waals surface area contributed by atoms with Gasteiger partial charge in [0.2, 0.25) is 0 Å². The highest BCUT2D eigenvalue weighted by Crippen LogP contribution is 2.26. The lowest BCUT2D eigenvalue weighted by Crippen LogP contribution is -2.17. The van der Waals surface area contributed by atoms with Crippen molar-refractivity contribution in [1.29, 1.82) is 0 Å². The Bertz CT molecular complexity index is 1240. The number of sulfone groups is 1. The minimum absolute atomic E-state index is 0.199. The molecule has 2 aromatic carbocycles. The first kappa shape index (κ1) is 19.1. The lowest BCUT2D eigenvalue weighted by molar-refractivity contribution is 0.101. The standard InChI is InChI=1S/C21H17N3O3S2/c1-29(26,27)17-11-9-15(10-12-17)22-21(25)19-14-18(20-8-5-13-28-20)23-24(19)16-6-3-2-4-7-16/h2-14H,1H3,(H,22,25). The largest absolute Gasteiger partial charge is 0.321 e. The number of thiophene rings is 1. The van der Waals surface area contributed by atoms with Gasteiger partial charge in [0.15, 0.2) is 9.84 Å². The number of carbonyl (C=O) groups is 1. The van der Waals surface area contributed by atoms with E-state index in [-0.39, 0.29) is 10.8 Å². The number of benzene rings is 2. The van der Waals surface area contributed by atoms with E-state index in [0.29, 0.717) is 17.1 Å². The van der Waals surface area contributed by atoms with E-state index in [4.69, 9.17) is 0 Å². The second kappa shape index (κ2) is 7.65. The quantitative estimate of drug-likeness (QED) is 0.520. The molecule has 2 aromatic heterocycles. The first-order valence-corrected chi connectivity index (χ1v) is 11.5. The maximum absolute atomic E-state index is 13.0. The number of anilines is 1. The molecule has 1 N–H and O–H groups in total. The minimum Gasteiger partial charge on any atom is -0.321 e. The van der Waals surface area contributed by atoms with E-state index in [0.717, 1.165) is 16.8 Å². The predicted octanol–water partition coefficient (Wildman–Crippen LogP) is 4.26. The first-order chi connectivity index (χ1) is 13.9. The molecule has 0 saturated heterocycles. The molecule has 0 radical (unpaired) electrons. The Morgan fingerprint density at radius 1 is 1.00 bits per heavy atom. The van der Waals surface area contributed by atoms with Crippen molar-refractivity contribution in [1.82, 2.24) is 9.78 Å². The molecule has 0 saturated carbocycles. The summed E-state index contributed by atoms with van der Waals surface area (Å²) in [5.74, 6) is -0.337. The lowest BCUT2D eigenvalue weighted by atomic mass is 10.2. The van der Waals surface area contributed by atoms with Gasteiger partial charge in [-0.15, -0.1) is 11.3 Å². The van der Waals surface area contributed by atoms with Crippen molar-refractivity contribution in [3.05, 3.63) is 83.9 Å². The Kier molecular flexibility index (Phi) is 5.04. The van der Waals surface area contributed by atoms with Gasteiger partial charge in [0.1, 0.15) is 11.4 Å². The highest BCUT2D eigenvalue weighted by atomic mass is 32.2. The molecule has 0 spiro atoms. The molecule has 0 aliphatic carbocycles. The summed E-state index contributed by atoms with van der Waals surface area (Å²) in [6.07, 6.45) is 1.14. The number of aromatic nitrogens is 2. The zero-order chi connectivity index (χ0) is 20.4. The van der Waals surface area contributed by atoms with Crippen LogP contribution in [0, 0.1) is 0 Å². The van der Waals surface area contributed by atoms with E-state index in [1.807, 2.05) is 47.8 Å². The van der Waals surface area contributed by atoms with E-state index in [9.17, 15) is 13.2 Å². The average molecular weight is 424 g/mol. The van der Waals surface area contributed by atoms with Crippen LogP contribution in [-0.2, 0) is 9.84 Å². The molecule has 8 heteroatoms. The SMILES string of the molecule is CS(=O)(=O)c1ccc(NC(=O)c2cc(-c3cccs3)nn2-c2ccccc2)cc1. The van der Waals surface area contributed by atoms with Gasteiger partial charge in [0.25, 0.3) is 5.91 Å². The highest BCUT2D eigenvalue weighted by Gasteiger charge is 2.18. The third kappa shape index (κ3) is 4.13. The van der Waals surface area contributed by atoms with E-state index in [1.54, 1.807) is 34.2 Å². The highest BCUT2D eigenvalue weighted by molar-refractivity contribution is 7.90. The fourth-order valence-corrected chi connectivity index (χ4v) is 4.15. The Hall–Kier alpha value is -3.23. The number of amides is 1. The second-order valence-electron chi connectivity index (χ2n) is 6.39. The third-order valence-electron chi connectivity index (χ3n) is 4.26. The molecule has 6 nitrogen and oxygen atoms in total. The van der Waals surface area contributed by atoms with Crippen LogP contribution in [0.5, 0.6) is 0 Å². The van der Waals surface area contributed by atoms with Crippen LogP contribution < -0.4 is 5.32 Å². The monoisotopic (exact) mass is 423 g/mol. The number of rotatable bonds is 5. The van der Waals surface area contributed by atoms with Gasteiger partial charge < -0.3 is 5.32 Å². The molecule has 0 atom stereocenters. The molecule has 29 heavy (non-hydrogen) atoms. The third-order valence-corrected chi connectivity index (χ3v) is 6.28. The second-order valence-corrected chi connectivity index (χ2v) is 9.35. The number of carbonyl (C=O) groups excluding carboxylic acids is 1. The first-order valence-electron chi connectivity index (χ1n) is 8.73. The van der Waals surface area contributed by atoms with Crippen molar-refractivity contribution < 1.29 is 13.2 Å². The number of nitrogens with zero attached hydrogens (tertiary/aromatic N) is 2. The maximum atomic E-state index is 13.0. The number of hydrogen-bond acceptors (Lipinski definition) is 5. The van der Waals surface area contributed by atoms with Crippen LogP contribution in [0.3, 0.4) is 0 Å². The van der Waals surface area contributed by atoms with Crippen molar-refractivity contribution >= 4 is 32.8 Å². The molecule has 4 rings (SSSR count). The number of nitrogens with one attached hydrogen (secondary N) is 1. The van der Waals surface area contributed by atoms with Crippen LogP contribution in [0.4, 0.5) is 5.69 Å². The van der Waals surface area contributed by atoms with Crippen molar-refractivity contribution in [2.75, 3.05) is 11.6 Å². The summed E-state index contributed by atoms with van der Waals surface area (Å²) in [6.45, 7) is 0. The van der Waals surface area contributed by atoms with Crippen molar-refractivity contribution in [2.24, 2.45) is 0 Å². The molecule has 2 heterocycles. The molecule has 146 valence electrons. The van der Waals surface area contributed by atoms with Crippen molar-refractivity contribution in [3.63, 3.8) is 0 Å². The normalized spacial score (nSPS) is 11.3. The molecule has 0 unspecified atom stereocenters. The Labute approximate surface area is 172 Å². The average Bonchev–Trinajstić information content (AvgIpc) is 3.38. The molecular formula is C21H17N3O3S2. The van der Waals surface area contributed by atoms with Crippen LogP contribution in [0.15, 0.2) is 83.1 Å². The zero-order valence-electron chi connectivity index (χ0n) is 15.4. The minimum atomic E-state index is -3.29. The topological polar surface area (TPSA) is 81.1 Å². The molecule has 4 aromatic rings. The summed E-state index contributed by atoms with van der Waals surface area (Å²) in [6, 6.07) is 21.1. The molecule has 0 aliphatic rings. The molecule has 0 bridgehead atoms. The number of para-hydroxylation sites is 1. The van der Waals surface area contributed by atoms with Crippen LogP contribution in [0.25, 0.3) is 16.3 Å². The molecule has 1 amide bonds. The van der Waals surface area contributed by atoms with Gasteiger partial charge in [-0.3, -0.25) is 4.79 Å². The molecular weight excluding hydrogens is 406 g/mol. The predicted molar refractivity (Wildman–Crippen MR) is 114 cm³/mol. The van der Waals surface area contributed by atoms with Gasteiger partial charge in [-0.2, -0.15) is 5.10 Å². The smallest absolute Gasteiger partial charge is 0.274 e. The Morgan fingerprint density at radius 3 is 2.34 bits per heavy atom. The summed E-state index contributed by atoms with van der Waals surface area (Å²) in [4.78, 5) is 14.1. The lowest BCUT2D eigenvalue weighted by Gasteiger charge is -2.09. The molecule has 0 fully saturated rings. The summed E-state index contributed by atoms with van der Waals surface area (Å²) < 4.78 is 24.8. The van der Waals surface area contributed by atoms with E-state index in [2.05, 4.69) is 10.4 Å². The van der Waals surface area contributed by atoms with Gasteiger partial charge in [0.05, 0.1) is 15.5 Å². The van der Waals surface area contributed by atoms with Crippen molar-refractivity contribution in [2.45, 2.75) is 4.90 Å². The van der Waals surface area contributed by atoms with Gasteiger partial charge in [0, 0.05) is 11.9 Å². The summed E-state index contributed by atoms with van der Waals surface area (Å²) >= 11 is 1.55. The number of hydrogen-bond donors (Lipinski definition) is 1. The van der Waals surface area contributed by atoms with E-state index >= 15 is 0 Å². The van der Waals surface area contributed by atoms with Gasteiger partial charge >= 0.3 is 0 Å². The Balaban J connectivity index is 1.69. The van der Waals surface area contributed by atoms with Crippen LogP contribution >= 0.6 is 11.3 Å². The fraction of sp³-hybridized carbons (Fsp3) is 0.0476. The van der Waals surface area contributed by atoms with E-state index in [1.165, 1.54) is 12.1 Å². The zero-order valence-corrected chi connectivity index (χ0v) is 17.1. The summed E-state index contributed by atoms with van der Waals surface area (Å²) in [5, 5.41) is 9.39. The van der Waals surface area contributed by atoms with Gasteiger partial charge in [-0.1, -0.05) is 24.3 Å². The van der Waals surface area contributed by atoms with Crippen molar-refractivity contribution in [3.8, 4) is 16.3 Å². The summed E-state index contributed by atoms with van der Waals surface area (Å²) in [7, 11) is -3.29. The van der Waals surface area contributed by atoms with Crippen LogP contribution in [0.2, 0.25) is 0 Å². The van der Waals surface area contributed by atoms with Crippen LogP contribution in [0.1, 0.15) is 10.5 Å². The van der Waals surface area contributed by atoms with Gasteiger partial charge in [-0.25, -0.2) is 13.1 Å². The van der Waals surface area contributed by atoms with E-state index < -0.39 is 9.84 Å². The maximum Gasteiger partial charge on any atom is 0.274 e. The summed E-state index contributed by atoms with van der Waals surface area (Å²) in [5.41, 5.74) is 2.36. The Morgan fingerprint density at radius 2 is 1.72 bits per heavy atom. The fourth-order valence-electron chi connectivity index (χ4n) is 2.83. The van der Waals surface area contributed by atoms with Gasteiger partial charge in [-0.05, 0) is 53.9 Å².